The van der Waals surface area contributed by atoms with E-state index in [2.05, 4.69) is 30.7 Å². The van der Waals surface area contributed by atoms with Gasteiger partial charge in [0.2, 0.25) is 0 Å². The summed E-state index contributed by atoms with van der Waals surface area (Å²) in [5.74, 6) is 1.09. The van der Waals surface area contributed by atoms with Crippen molar-refractivity contribution in [1.29, 1.82) is 0 Å². The van der Waals surface area contributed by atoms with E-state index in [1.807, 2.05) is 6.07 Å². The van der Waals surface area contributed by atoms with Crippen LogP contribution in [0.25, 0.3) is 0 Å². The lowest BCUT2D eigenvalue weighted by molar-refractivity contribution is 0.563. The van der Waals surface area contributed by atoms with E-state index in [4.69, 9.17) is 28.9 Å². The zero-order valence-electron chi connectivity index (χ0n) is 11.7. The normalized spacial score (nSPS) is 11.7. The molecule has 0 spiro atoms. The minimum absolute atomic E-state index is 0.0872. The summed E-state index contributed by atoms with van der Waals surface area (Å²) in [5.41, 5.74) is 7.51. The van der Waals surface area contributed by atoms with Crippen molar-refractivity contribution in [2.24, 2.45) is 0 Å². The second-order valence-corrected chi connectivity index (χ2v) is 6.54. The third kappa shape index (κ3) is 3.41. The van der Waals surface area contributed by atoms with Gasteiger partial charge in [-0.05, 0) is 17.7 Å². The highest BCUT2D eigenvalue weighted by Crippen LogP contribution is 2.27. The van der Waals surface area contributed by atoms with E-state index in [9.17, 15) is 0 Å². The van der Waals surface area contributed by atoms with Gasteiger partial charge in [-0.15, -0.1) is 0 Å². The number of anilines is 1. The van der Waals surface area contributed by atoms with Crippen molar-refractivity contribution in [2.75, 3.05) is 5.73 Å². The van der Waals surface area contributed by atoms with Gasteiger partial charge in [0.25, 0.3) is 0 Å². The Kier molecular flexibility index (Phi) is 4.21. The average Bonchev–Trinajstić information content (AvgIpc) is 2.32. The number of rotatable bonds is 2. The lowest BCUT2D eigenvalue weighted by Crippen LogP contribution is -2.16. The molecule has 5 heteroatoms. The van der Waals surface area contributed by atoms with Gasteiger partial charge in [0, 0.05) is 27.9 Å². The summed E-state index contributed by atoms with van der Waals surface area (Å²) in [5, 5.41) is 1.22. The molecule has 2 N–H and O–H groups in total. The molecule has 0 aliphatic heterocycles. The first-order valence-corrected chi connectivity index (χ1v) is 7.10. The molecule has 20 heavy (non-hydrogen) atoms. The molecule has 0 unspecified atom stereocenters. The number of halogens is 2. The van der Waals surface area contributed by atoms with Crippen molar-refractivity contribution >= 4 is 29.0 Å². The summed E-state index contributed by atoms with van der Waals surface area (Å²) in [6.45, 7) is 6.25. The molecule has 0 aliphatic rings. The minimum Gasteiger partial charge on any atom is -0.384 e. The highest BCUT2D eigenvalue weighted by molar-refractivity contribution is 6.36. The van der Waals surface area contributed by atoms with Crippen LogP contribution in [0, 0.1) is 0 Å². The molecule has 0 fully saturated rings. The van der Waals surface area contributed by atoms with E-state index in [0.29, 0.717) is 28.1 Å². The second-order valence-electron chi connectivity index (χ2n) is 5.72. The maximum atomic E-state index is 6.18. The zero-order valence-corrected chi connectivity index (χ0v) is 13.3. The fraction of sp³-hybridized carbons (Fsp3) is 0.333. The second kappa shape index (κ2) is 5.58. The summed E-state index contributed by atoms with van der Waals surface area (Å²) >= 11 is 12.4. The lowest BCUT2D eigenvalue weighted by atomic mass is 9.92. The van der Waals surface area contributed by atoms with E-state index in [1.54, 1.807) is 18.2 Å². The third-order valence-electron chi connectivity index (χ3n) is 2.96. The van der Waals surface area contributed by atoms with E-state index in [-0.39, 0.29) is 5.41 Å². The Balaban J connectivity index is 2.42. The standard InChI is InChI=1S/C15H17Cl2N3/c1-15(2,3)12-8-13(18)20-14(19-12)7-9-10(16)5-4-6-11(9)17/h4-6,8H,7H2,1-3H3,(H2,18,19,20). The molecule has 3 nitrogen and oxygen atoms in total. The van der Waals surface area contributed by atoms with E-state index in [1.165, 1.54) is 0 Å². The number of nitrogens with two attached hydrogens (primary N) is 1. The van der Waals surface area contributed by atoms with Crippen molar-refractivity contribution in [3.8, 4) is 0 Å². The Morgan fingerprint density at radius 2 is 1.70 bits per heavy atom. The molecule has 0 amide bonds. The van der Waals surface area contributed by atoms with Gasteiger partial charge in [-0.3, -0.25) is 0 Å². The predicted octanol–water partition coefficient (Wildman–Crippen LogP) is 4.25. The molecular formula is C15H17Cl2N3. The Morgan fingerprint density at radius 3 is 2.25 bits per heavy atom. The maximum Gasteiger partial charge on any atom is 0.135 e. The summed E-state index contributed by atoms with van der Waals surface area (Å²) in [7, 11) is 0. The van der Waals surface area contributed by atoms with Crippen molar-refractivity contribution in [2.45, 2.75) is 32.6 Å². The zero-order chi connectivity index (χ0) is 14.9. The minimum atomic E-state index is -0.0872. The molecular weight excluding hydrogens is 293 g/mol. The highest BCUT2D eigenvalue weighted by atomic mass is 35.5. The van der Waals surface area contributed by atoms with Gasteiger partial charge in [0.15, 0.2) is 0 Å². The number of nitrogen functional groups attached to an aromatic ring is 1. The van der Waals surface area contributed by atoms with Crippen LogP contribution in [0.5, 0.6) is 0 Å². The topological polar surface area (TPSA) is 51.8 Å². The van der Waals surface area contributed by atoms with Crippen molar-refractivity contribution in [3.05, 3.63) is 51.4 Å². The fourth-order valence-electron chi connectivity index (χ4n) is 1.84. The SMILES string of the molecule is CC(C)(C)c1cc(N)nc(Cc2c(Cl)cccc2Cl)n1. The van der Waals surface area contributed by atoms with Gasteiger partial charge in [-0.25, -0.2) is 9.97 Å². The summed E-state index contributed by atoms with van der Waals surface area (Å²) in [6, 6.07) is 7.23. The van der Waals surface area contributed by atoms with Crippen LogP contribution in [0.15, 0.2) is 24.3 Å². The van der Waals surface area contributed by atoms with Gasteiger partial charge in [0.1, 0.15) is 11.6 Å². The van der Waals surface area contributed by atoms with Gasteiger partial charge >= 0.3 is 0 Å². The van der Waals surface area contributed by atoms with Crippen LogP contribution in [-0.4, -0.2) is 9.97 Å². The van der Waals surface area contributed by atoms with Crippen LogP contribution in [0.3, 0.4) is 0 Å². The number of aromatic nitrogens is 2. The Morgan fingerprint density at radius 1 is 1.10 bits per heavy atom. The average molecular weight is 310 g/mol. The molecule has 1 aromatic carbocycles. The van der Waals surface area contributed by atoms with Gasteiger partial charge in [-0.2, -0.15) is 0 Å². The van der Waals surface area contributed by atoms with Crippen molar-refractivity contribution in [3.63, 3.8) is 0 Å². The van der Waals surface area contributed by atoms with Crippen LogP contribution >= 0.6 is 23.2 Å². The number of hydrogen-bond acceptors (Lipinski definition) is 3. The molecule has 0 radical (unpaired) electrons. The molecule has 2 rings (SSSR count). The van der Waals surface area contributed by atoms with Gasteiger partial charge in [0.05, 0.1) is 5.69 Å². The Bertz CT molecular complexity index is 613. The van der Waals surface area contributed by atoms with E-state index < -0.39 is 0 Å². The third-order valence-corrected chi connectivity index (χ3v) is 3.67. The lowest BCUT2D eigenvalue weighted by Gasteiger charge is -2.19. The first-order valence-electron chi connectivity index (χ1n) is 6.34. The summed E-state index contributed by atoms with van der Waals surface area (Å²) in [4.78, 5) is 8.85. The van der Waals surface area contributed by atoms with Crippen molar-refractivity contribution < 1.29 is 0 Å². The first-order chi connectivity index (χ1) is 9.27. The van der Waals surface area contributed by atoms with Crippen molar-refractivity contribution in [1.82, 2.24) is 9.97 Å². The summed E-state index contributed by atoms with van der Waals surface area (Å²) < 4.78 is 0. The predicted molar refractivity (Wildman–Crippen MR) is 84.4 cm³/mol. The summed E-state index contributed by atoms with van der Waals surface area (Å²) in [6.07, 6.45) is 0.465. The monoisotopic (exact) mass is 309 g/mol. The quantitative estimate of drug-likeness (QED) is 0.902. The number of benzene rings is 1. The number of hydrogen-bond donors (Lipinski definition) is 1. The van der Waals surface area contributed by atoms with Gasteiger partial charge < -0.3 is 5.73 Å². The molecule has 0 atom stereocenters. The van der Waals surface area contributed by atoms with Crippen LogP contribution < -0.4 is 5.73 Å². The Hall–Kier alpha value is -1.32. The molecule has 0 saturated heterocycles. The Labute approximate surface area is 129 Å². The first kappa shape index (κ1) is 15.1. The van der Waals surface area contributed by atoms with Crippen LogP contribution in [0.2, 0.25) is 10.0 Å². The van der Waals surface area contributed by atoms with Gasteiger partial charge in [-0.1, -0.05) is 50.0 Å². The van der Waals surface area contributed by atoms with Crippen LogP contribution in [-0.2, 0) is 11.8 Å². The molecule has 1 aromatic heterocycles. The van der Waals surface area contributed by atoms with Crippen LogP contribution in [0.1, 0.15) is 37.9 Å². The molecule has 0 aliphatic carbocycles. The molecule has 0 saturated carbocycles. The molecule has 0 bridgehead atoms. The number of nitrogens with zero attached hydrogens (tertiary/aromatic N) is 2. The van der Waals surface area contributed by atoms with E-state index in [0.717, 1.165) is 11.3 Å². The molecule has 2 aromatic rings. The van der Waals surface area contributed by atoms with E-state index >= 15 is 0 Å². The van der Waals surface area contributed by atoms with Crippen LogP contribution in [0.4, 0.5) is 5.82 Å². The highest BCUT2D eigenvalue weighted by Gasteiger charge is 2.18. The smallest absolute Gasteiger partial charge is 0.135 e. The molecule has 106 valence electrons. The molecule has 1 heterocycles. The largest absolute Gasteiger partial charge is 0.384 e. The fourth-order valence-corrected chi connectivity index (χ4v) is 2.37. The maximum absolute atomic E-state index is 6.18.